The van der Waals surface area contributed by atoms with Crippen molar-refractivity contribution < 1.29 is 9.53 Å². The summed E-state index contributed by atoms with van der Waals surface area (Å²) in [5.74, 6) is 0.952. The van der Waals surface area contributed by atoms with E-state index < -0.39 is 0 Å². The lowest BCUT2D eigenvalue weighted by Crippen LogP contribution is -2.39. The number of nitrogens with zero attached hydrogens (tertiary/aromatic N) is 2. The van der Waals surface area contributed by atoms with Crippen LogP contribution >= 0.6 is 0 Å². The molecule has 2 saturated heterocycles. The van der Waals surface area contributed by atoms with Crippen molar-refractivity contribution in [2.75, 3.05) is 26.3 Å². The van der Waals surface area contributed by atoms with E-state index in [1.165, 1.54) is 0 Å². The van der Waals surface area contributed by atoms with Crippen LogP contribution in [0.3, 0.4) is 0 Å². The topological polar surface area (TPSA) is 76.1 Å². The molecule has 0 aromatic carbocycles. The molecule has 3 heterocycles. The molecule has 2 fully saturated rings. The second-order valence-corrected chi connectivity index (χ2v) is 6.13. The maximum absolute atomic E-state index is 12.4. The summed E-state index contributed by atoms with van der Waals surface area (Å²) in [5.41, 5.74) is 1.47. The molecule has 0 aliphatic carbocycles. The average molecular weight is 304 g/mol. The molecule has 0 bridgehead atoms. The van der Waals surface area contributed by atoms with Crippen molar-refractivity contribution in [3.63, 3.8) is 0 Å². The molecule has 1 aromatic heterocycles. The molecule has 3 rings (SSSR count). The van der Waals surface area contributed by atoms with Gasteiger partial charge >= 0.3 is 0 Å². The molecule has 1 amide bonds. The summed E-state index contributed by atoms with van der Waals surface area (Å²) < 4.78 is 5.32. The van der Waals surface area contributed by atoms with Crippen LogP contribution < -0.4 is 10.6 Å². The van der Waals surface area contributed by atoms with Crippen molar-refractivity contribution in [1.29, 1.82) is 0 Å². The lowest BCUT2D eigenvalue weighted by atomic mass is 9.95. The molecule has 6 heteroatoms. The average Bonchev–Trinajstić information content (AvgIpc) is 2.56. The molecule has 1 atom stereocenters. The summed E-state index contributed by atoms with van der Waals surface area (Å²) in [6.45, 7) is 5.28. The third-order valence-corrected chi connectivity index (χ3v) is 4.36. The maximum Gasteiger partial charge on any atom is 0.270 e. The quantitative estimate of drug-likeness (QED) is 0.876. The minimum absolute atomic E-state index is 0.0950. The number of carbonyl (C=O) groups is 1. The highest BCUT2D eigenvalue weighted by Crippen LogP contribution is 2.22. The molecular weight excluding hydrogens is 280 g/mol. The molecule has 2 aliphatic heterocycles. The molecule has 22 heavy (non-hydrogen) atoms. The van der Waals surface area contributed by atoms with Crippen LogP contribution in [0.25, 0.3) is 0 Å². The van der Waals surface area contributed by atoms with Crippen LogP contribution in [0.5, 0.6) is 0 Å². The fourth-order valence-corrected chi connectivity index (χ4v) is 3.12. The fourth-order valence-electron chi connectivity index (χ4n) is 3.12. The minimum Gasteiger partial charge on any atom is -0.381 e. The summed E-state index contributed by atoms with van der Waals surface area (Å²) in [7, 11) is 0. The molecule has 6 nitrogen and oxygen atoms in total. The highest BCUT2D eigenvalue weighted by Gasteiger charge is 2.21. The zero-order valence-electron chi connectivity index (χ0n) is 13.1. The van der Waals surface area contributed by atoms with Gasteiger partial charge in [-0.05, 0) is 45.2 Å². The standard InChI is InChI=1S/C16H24N4O2/c1-11-18-14(12-3-2-6-17-10-12)9-15(19-11)16(21)20-13-4-7-22-8-5-13/h9,12-13,17H,2-8,10H2,1H3,(H,20,21)/t12-/m0/s1. The van der Waals surface area contributed by atoms with E-state index in [9.17, 15) is 4.79 Å². The summed E-state index contributed by atoms with van der Waals surface area (Å²) in [6.07, 6.45) is 4.01. The molecule has 0 radical (unpaired) electrons. The van der Waals surface area contributed by atoms with Gasteiger partial charge in [-0.3, -0.25) is 4.79 Å². The Hall–Kier alpha value is -1.53. The van der Waals surface area contributed by atoms with Crippen molar-refractivity contribution in [3.8, 4) is 0 Å². The summed E-state index contributed by atoms with van der Waals surface area (Å²) in [6, 6.07) is 2.05. The van der Waals surface area contributed by atoms with Gasteiger partial charge in [-0.2, -0.15) is 0 Å². The maximum atomic E-state index is 12.4. The van der Waals surface area contributed by atoms with E-state index in [0.29, 0.717) is 30.7 Å². The lowest BCUT2D eigenvalue weighted by Gasteiger charge is -2.24. The van der Waals surface area contributed by atoms with Crippen LogP contribution in [0.4, 0.5) is 0 Å². The van der Waals surface area contributed by atoms with Crippen molar-refractivity contribution >= 4 is 5.91 Å². The summed E-state index contributed by atoms with van der Waals surface area (Å²) in [4.78, 5) is 21.3. The fraction of sp³-hybridized carbons (Fsp3) is 0.688. The second kappa shape index (κ2) is 7.15. The van der Waals surface area contributed by atoms with Crippen LogP contribution in [0, 0.1) is 6.92 Å². The van der Waals surface area contributed by atoms with Crippen molar-refractivity contribution in [2.45, 2.75) is 44.6 Å². The first-order valence-corrected chi connectivity index (χ1v) is 8.17. The molecular formula is C16H24N4O2. The van der Waals surface area contributed by atoms with Crippen LogP contribution in [-0.2, 0) is 4.74 Å². The first-order valence-electron chi connectivity index (χ1n) is 8.17. The number of hydrogen-bond acceptors (Lipinski definition) is 5. The number of piperidine rings is 1. The Bertz CT molecular complexity index is 523. The zero-order chi connectivity index (χ0) is 15.4. The summed E-state index contributed by atoms with van der Waals surface area (Å²) >= 11 is 0. The highest BCUT2D eigenvalue weighted by atomic mass is 16.5. The van der Waals surface area contributed by atoms with Crippen LogP contribution in [0.2, 0.25) is 0 Å². The van der Waals surface area contributed by atoms with Crippen molar-refractivity contribution in [2.24, 2.45) is 0 Å². The van der Waals surface area contributed by atoms with Gasteiger partial charge in [0, 0.05) is 37.4 Å². The molecule has 2 N–H and O–H groups in total. The van der Waals surface area contributed by atoms with Gasteiger partial charge in [0.1, 0.15) is 11.5 Å². The Balaban J connectivity index is 1.71. The first-order chi connectivity index (χ1) is 10.7. The third-order valence-electron chi connectivity index (χ3n) is 4.36. The minimum atomic E-state index is -0.0950. The Labute approximate surface area is 131 Å². The van der Waals surface area contributed by atoms with Crippen LogP contribution in [0.15, 0.2) is 6.07 Å². The largest absolute Gasteiger partial charge is 0.381 e. The molecule has 0 unspecified atom stereocenters. The predicted molar refractivity (Wildman–Crippen MR) is 82.9 cm³/mol. The zero-order valence-corrected chi connectivity index (χ0v) is 13.1. The summed E-state index contributed by atoms with van der Waals surface area (Å²) in [5, 5.41) is 6.46. The van der Waals surface area contributed by atoms with Gasteiger partial charge in [0.2, 0.25) is 0 Å². The number of nitrogens with one attached hydrogen (secondary N) is 2. The van der Waals surface area contributed by atoms with Gasteiger partial charge in [-0.1, -0.05) is 0 Å². The van der Waals surface area contributed by atoms with E-state index in [0.717, 1.165) is 44.5 Å². The van der Waals surface area contributed by atoms with Gasteiger partial charge in [0.15, 0.2) is 0 Å². The number of hydrogen-bond donors (Lipinski definition) is 2. The monoisotopic (exact) mass is 304 g/mol. The first kappa shape index (κ1) is 15.4. The third kappa shape index (κ3) is 3.81. The van der Waals surface area contributed by atoms with E-state index >= 15 is 0 Å². The Morgan fingerprint density at radius 1 is 1.32 bits per heavy atom. The van der Waals surface area contributed by atoms with E-state index in [1.54, 1.807) is 0 Å². The van der Waals surface area contributed by atoms with E-state index in [4.69, 9.17) is 4.74 Å². The number of rotatable bonds is 3. The number of carbonyl (C=O) groups excluding carboxylic acids is 1. The van der Waals surface area contributed by atoms with Crippen molar-refractivity contribution in [1.82, 2.24) is 20.6 Å². The van der Waals surface area contributed by atoms with Gasteiger partial charge in [-0.15, -0.1) is 0 Å². The van der Waals surface area contributed by atoms with E-state index in [2.05, 4.69) is 20.6 Å². The molecule has 0 saturated carbocycles. The van der Waals surface area contributed by atoms with Crippen LogP contribution in [-0.4, -0.2) is 48.2 Å². The predicted octanol–water partition coefficient (Wildman–Crippen LogP) is 1.16. The second-order valence-electron chi connectivity index (χ2n) is 6.13. The van der Waals surface area contributed by atoms with Crippen LogP contribution in [0.1, 0.15) is 53.6 Å². The van der Waals surface area contributed by atoms with Gasteiger partial charge in [-0.25, -0.2) is 9.97 Å². The Kier molecular flexibility index (Phi) is 5.00. The van der Waals surface area contributed by atoms with E-state index in [-0.39, 0.29) is 11.9 Å². The van der Waals surface area contributed by atoms with Crippen molar-refractivity contribution in [3.05, 3.63) is 23.3 Å². The van der Waals surface area contributed by atoms with Gasteiger partial charge in [0.05, 0.1) is 0 Å². The lowest BCUT2D eigenvalue weighted by molar-refractivity contribution is 0.0694. The molecule has 2 aliphatic rings. The number of aromatic nitrogens is 2. The van der Waals surface area contributed by atoms with E-state index in [1.807, 2.05) is 13.0 Å². The number of ether oxygens (including phenoxy) is 1. The van der Waals surface area contributed by atoms with Gasteiger partial charge in [0.25, 0.3) is 5.91 Å². The molecule has 1 aromatic rings. The normalized spacial score (nSPS) is 23.2. The Morgan fingerprint density at radius 3 is 2.86 bits per heavy atom. The van der Waals surface area contributed by atoms with Gasteiger partial charge < -0.3 is 15.4 Å². The SMILES string of the molecule is Cc1nc(C(=O)NC2CCOCC2)cc([C@H]2CCCNC2)n1. The number of amides is 1. The molecule has 120 valence electrons. The smallest absolute Gasteiger partial charge is 0.270 e. The highest BCUT2D eigenvalue weighted by molar-refractivity contribution is 5.92. The number of aryl methyl sites for hydroxylation is 1. The molecule has 0 spiro atoms. The Morgan fingerprint density at radius 2 is 2.14 bits per heavy atom.